The molecule has 18 heavy (non-hydrogen) atoms. The molecule has 0 spiro atoms. The van der Waals surface area contributed by atoms with Gasteiger partial charge in [0.05, 0.1) is 0 Å². The molecule has 106 valence electrons. The van der Waals surface area contributed by atoms with Gasteiger partial charge < -0.3 is 4.74 Å². The molecule has 0 bridgehead atoms. The van der Waals surface area contributed by atoms with Crippen molar-refractivity contribution in [2.45, 2.75) is 73.6 Å². The Morgan fingerprint density at radius 3 is 1.78 bits per heavy atom. The molecule has 0 aromatic carbocycles. The lowest BCUT2D eigenvalue weighted by molar-refractivity contribution is -0.165. The van der Waals surface area contributed by atoms with Crippen LogP contribution in [0.3, 0.4) is 0 Å². The number of rotatable bonds is 2. The van der Waals surface area contributed by atoms with Gasteiger partial charge in [0.25, 0.3) is 0 Å². The van der Waals surface area contributed by atoms with E-state index in [0.29, 0.717) is 6.42 Å². The van der Waals surface area contributed by atoms with Gasteiger partial charge in [-0.15, -0.1) is 0 Å². The zero-order valence-electron chi connectivity index (χ0n) is 13.0. The Kier molecular flexibility index (Phi) is 3.39. The Morgan fingerprint density at radius 1 is 1.17 bits per heavy atom. The molecule has 0 heterocycles. The van der Waals surface area contributed by atoms with Crippen LogP contribution < -0.4 is 0 Å². The van der Waals surface area contributed by atoms with Gasteiger partial charge in [-0.05, 0) is 32.6 Å². The van der Waals surface area contributed by atoms with E-state index in [1.165, 1.54) is 0 Å². The summed E-state index contributed by atoms with van der Waals surface area (Å²) >= 11 is 0. The first-order valence-electron chi connectivity index (χ1n) is 6.62. The molecule has 1 aliphatic carbocycles. The first kappa shape index (κ1) is 15.5. The average Bonchev–Trinajstić information content (AvgIpc) is 2.45. The highest BCUT2D eigenvalue weighted by molar-refractivity contribution is 5.84. The Balaban J connectivity index is 3.00. The summed E-state index contributed by atoms with van der Waals surface area (Å²) in [6, 6.07) is 0. The van der Waals surface area contributed by atoms with Crippen LogP contribution in [0.5, 0.6) is 0 Å². The quantitative estimate of drug-likeness (QED) is 0.696. The average molecular weight is 258 g/mol. The minimum atomic E-state index is -1.11. The molecular weight excluding hydrogens is 231 g/mol. The van der Waals surface area contributed by atoms with E-state index in [2.05, 4.69) is 0 Å². The fourth-order valence-corrected chi connectivity index (χ4v) is 2.75. The predicted molar refractivity (Wildman–Crippen MR) is 71.0 cm³/mol. The highest BCUT2D eigenvalue weighted by Gasteiger charge is 2.78. The number of halogens is 1. The van der Waals surface area contributed by atoms with Crippen LogP contribution in [0, 0.1) is 16.2 Å². The van der Waals surface area contributed by atoms with Crippen LogP contribution in [0.4, 0.5) is 4.39 Å². The summed E-state index contributed by atoms with van der Waals surface area (Å²) in [5.41, 5.74) is -2.27. The number of esters is 1. The van der Waals surface area contributed by atoms with Gasteiger partial charge in [0, 0.05) is 5.41 Å². The summed E-state index contributed by atoms with van der Waals surface area (Å²) in [6.45, 7) is 15.2. The number of carbonyl (C=O) groups is 1. The molecular formula is C15H27FO2. The maximum absolute atomic E-state index is 14.3. The minimum Gasteiger partial charge on any atom is -0.459 e. The Bertz CT molecular complexity index is 346. The van der Waals surface area contributed by atoms with Crippen LogP contribution >= 0.6 is 0 Å². The van der Waals surface area contributed by atoms with Crippen molar-refractivity contribution in [1.82, 2.24) is 0 Å². The Labute approximate surface area is 110 Å². The predicted octanol–water partition coefficient (Wildman–Crippen LogP) is 4.13. The van der Waals surface area contributed by atoms with E-state index in [-0.39, 0.29) is 11.4 Å². The van der Waals surface area contributed by atoms with Gasteiger partial charge in [-0.2, -0.15) is 0 Å². The summed E-state index contributed by atoms with van der Waals surface area (Å²) in [5, 5.41) is 0. The number of hydrogen-bond donors (Lipinski definition) is 0. The molecule has 0 unspecified atom stereocenters. The van der Waals surface area contributed by atoms with Gasteiger partial charge in [-0.1, -0.05) is 34.6 Å². The molecule has 2 atom stereocenters. The molecule has 1 saturated carbocycles. The van der Waals surface area contributed by atoms with Crippen LogP contribution in [-0.2, 0) is 9.53 Å². The lowest BCUT2D eigenvalue weighted by Crippen LogP contribution is -2.35. The number of carbonyl (C=O) groups excluding carboxylic acids is 1. The molecule has 0 N–H and O–H groups in total. The molecule has 0 radical (unpaired) electrons. The number of hydrogen-bond acceptors (Lipinski definition) is 2. The standard InChI is InChI=1S/C15H27FO2/c1-12(2,3)9-15(10(16)14(15,7)8)11(17)18-13(4,5)6/h10H,9H2,1-8H3/t10-,15-/m1/s1. The van der Waals surface area contributed by atoms with Gasteiger partial charge in [0.15, 0.2) is 0 Å². The second kappa shape index (κ2) is 3.94. The van der Waals surface area contributed by atoms with Gasteiger partial charge >= 0.3 is 5.97 Å². The van der Waals surface area contributed by atoms with Gasteiger partial charge in [0.2, 0.25) is 0 Å². The van der Waals surface area contributed by atoms with Crippen molar-refractivity contribution in [3.63, 3.8) is 0 Å². The summed E-state index contributed by atoms with van der Waals surface area (Å²) in [6.07, 6.45) is -0.595. The fraction of sp³-hybridized carbons (Fsp3) is 0.933. The van der Waals surface area contributed by atoms with Crippen LogP contribution in [0.25, 0.3) is 0 Å². The SMILES string of the molecule is CC(C)(C)C[C@]1(C(=O)OC(C)(C)C)[C@H](F)C1(C)C. The topological polar surface area (TPSA) is 26.3 Å². The van der Waals surface area contributed by atoms with Crippen LogP contribution in [0.1, 0.15) is 61.8 Å². The van der Waals surface area contributed by atoms with E-state index in [4.69, 9.17) is 4.74 Å². The monoisotopic (exact) mass is 258 g/mol. The van der Waals surface area contributed by atoms with Crippen molar-refractivity contribution in [3.05, 3.63) is 0 Å². The normalized spacial score (nSPS) is 31.1. The Hall–Kier alpha value is -0.600. The third-order valence-corrected chi connectivity index (χ3v) is 3.71. The molecule has 1 aliphatic rings. The summed E-state index contributed by atoms with van der Waals surface area (Å²) < 4.78 is 19.7. The van der Waals surface area contributed by atoms with Gasteiger partial charge in [-0.25, -0.2) is 4.39 Å². The van der Waals surface area contributed by atoms with Gasteiger partial charge in [0.1, 0.15) is 17.2 Å². The van der Waals surface area contributed by atoms with E-state index in [1.807, 2.05) is 55.4 Å². The van der Waals surface area contributed by atoms with E-state index in [0.717, 1.165) is 0 Å². The maximum Gasteiger partial charge on any atom is 0.316 e. The molecule has 1 rings (SSSR count). The molecule has 0 aromatic rings. The van der Waals surface area contributed by atoms with E-state index in [1.54, 1.807) is 0 Å². The van der Waals surface area contributed by atoms with Crippen LogP contribution in [0.15, 0.2) is 0 Å². The van der Waals surface area contributed by atoms with Crippen LogP contribution in [-0.4, -0.2) is 17.7 Å². The smallest absolute Gasteiger partial charge is 0.316 e. The maximum atomic E-state index is 14.3. The second-order valence-electron chi connectivity index (χ2n) is 8.29. The lowest BCUT2D eigenvalue weighted by atomic mass is 9.79. The third-order valence-electron chi connectivity index (χ3n) is 3.71. The fourth-order valence-electron chi connectivity index (χ4n) is 2.75. The molecule has 0 amide bonds. The largest absolute Gasteiger partial charge is 0.459 e. The molecule has 3 heteroatoms. The summed E-state index contributed by atoms with van der Waals surface area (Å²) in [7, 11) is 0. The summed E-state index contributed by atoms with van der Waals surface area (Å²) in [4.78, 5) is 12.4. The van der Waals surface area contributed by atoms with Crippen molar-refractivity contribution < 1.29 is 13.9 Å². The minimum absolute atomic E-state index is 0.102. The first-order chi connectivity index (χ1) is 7.74. The van der Waals surface area contributed by atoms with E-state index >= 15 is 0 Å². The van der Waals surface area contributed by atoms with Crippen molar-refractivity contribution in [2.75, 3.05) is 0 Å². The zero-order valence-corrected chi connectivity index (χ0v) is 13.0. The van der Waals surface area contributed by atoms with E-state index < -0.39 is 22.6 Å². The van der Waals surface area contributed by atoms with E-state index in [9.17, 15) is 9.18 Å². The zero-order chi connectivity index (χ0) is 14.6. The Morgan fingerprint density at radius 2 is 1.56 bits per heavy atom. The molecule has 0 aliphatic heterocycles. The summed E-state index contributed by atoms with van der Waals surface area (Å²) in [5.74, 6) is -0.387. The van der Waals surface area contributed by atoms with Crippen molar-refractivity contribution in [1.29, 1.82) is 0 Å². The molecule has 0 saturated heterocycles. The lowest BCUT2D eigenvalue weighted by Gasteiger charge is -2.30. The highest BCUT2D eigenvalue weighted by Crippen LogP contribution is 2.70. The highest BCUT2D eigenvalue weighted by atomic mass is 19.1. The number of alkyl halides is 1. The second-order valence-corrected chi connectivity index (χ2v) is 8.29. The first-order valence-corrected chi connectivity index (χ1v) is 6.62. The van der Waals surface area contributed by atoms with Crippen molar-refractivity contribution >= 4 is 5.97 Å². The van der Waals surface area contributed by atoms with Crippen LogP contribution in [0.2, 0.25) is 0 Å². The van der Waals surface area contributed by atoms with Gasteiger partial charge in [-0.3, -0.25) is 4.79 Å². The molecule has 0 aromatic heterocycles. The third kappa shape index (κ3) is 2.55. The molecule has 2 nitrogen and oxygen atoms in total. The van der Waals surface area contributed by atoms with Crippen molar-refractivity contribution in [2.24, 2.45) is 16.2 Å². The molecule has 1 fully saturated rings. The number of ether oxygens (including phenoxy) is 1. The van der Waals surface area contributed by atoms with Crippen molar-refractivity contribution in [3.8, 4) is 0 Å².